The minimum Gasteiger partial charge on any atom is -0.493 e. The van der Waals surface area contributed by atoms with Gasteiger partial charge in [0.15, 0.2) is 5.78 Å². The summed E-state index contributed by atoms with van der Waals surface area (Å²) in [7, 11) is 1.58. The molecule has 0 spiro atoms. The Bertz CT molecular complexity index is 1190. The second-order valence-corrected chi connectivity index (χ2v) is 8.33. The summed E-state index contributed by atoms with van der Waals surface area (Å²) in [5.41, 5.74) is 2.11. The van der Waals surface area contributed by atoms with Gasteiger partial charge >= 0.3 is 5.97 Å². The van der Waals surface area contributed by atoms with Crippen molar-refractivity contribution in [2.24, 2.45) is 0 Å². The normalized spacial score (nSPS) is 14.6. The third-order valence-electron chi connectivity index (χ3n) is 5.70. The lowest BCUT2D eigenvalue weighted by atomic mass is 9.93. The number of ether oxygens (including phenoxy) is 3. The summed E-state index contributed by atoms with van der Waals surface area (Å²) in [5, 5.41) is 9.71. The summed E-state index contributed by atoms with van der Waals surface area (Å²) in [6, 6.07) is 13.8. The number of rotatable bonds is 9. The highest BCUT2D eigenvalue weighted by Gasteiger charge is 2.29. The summed E-state index contributed by atoms with van der Waals surface area (Å²) in [4.78, 5) is 28.3. The summed E-state index contributed by atoms with van der Waals surface area (Å²) >= 11 is 6.35. The van der Waals surface area contributed by atoms with E-state index in [0.717, 1.165) is 5.56 Å². The Morgan fingerprint density at radius 3 is 2.74 bits per heavy atom. The number of benzene rings is 2. The molecule has 1 aromatic heterocycles. The van der Waals surface area contributed by atoms with Crippen molar-refractivity contribution in [3.05, 3.63) is 76.4 Å². The monoisotopic (exact) mass is 481 g/mol. The number of carbonyl (C=O) groups is 2. The van der Waals surface area contributed by atoms with Crippen LogP contribution in [0.1, 0.15) is 46.7 Å². The third kappa shape index (κ3) is 5.31. The topological polar surface area (TPSA) is 95.0 Å². The summed E-state index contributed by atoms with van der Waals surface area (Å²) in [5.74, 6) is 0.375. The van der Waals surface area contributed by atoms with Crippen LogP contribution in [0.2, 0.25) is 5.02 Å². The van der Waals surface area contributed by atoms with Gasteiger partial charge in [0.25, 0.3) is 0 Å². The number of methoxy groups -OCH3 is 1. The van der Waals surface area contributed by atoms with Gasteiger partial charge in [0.1, 0.15) is 17.2 Å². The Morgan fingerprint density at radius 2 is 2.00 bits per heavy atom. The third-order valence-corrected chi connectivity index (χ3v) is 5.99. The number of halogens is 1. The van der Waals surface area contributed by atoms with Crippen LogP contribution < -0.4 is 14.2 Å². The molecule has 0 radical (unpaired) electrons. The molecule has 34 heavy (non-hydrogen) atoms. The number of aromatic nitrogens is 1. The standard InChI is InChI=1S/C26H24ClNO6/c1-32-25-17(5-3-12-28-25)4-2-6-22(29)16-7-9-18(10-8-16)34-24-15-23-20(14-21(24)27)19(26(30)31)11-13-33-23/h3,5,7-10,12,14-15,19H,2,4,6,11,13H2,1H3,(H,30,31). The van der Waals surface area contributed by atoms with Crippen molar-refractivity contribution in [2.45, 2.75) is 31.6 Å². The number of pyridine rings is 1. The lowest BCUT2D eigenvalue weighted by molar-refractivity contribution is -0.139. The van der Waals surface area contributed by atoms with Crippen molar-refractivity contribution < 1.29 is 28.9 Å². The van der Waals surface area contributed by atoms with E-state index in [0.29, 0.717) is 71.6 Å². The average molecular weight is 482 g/mol. The second kappa shape index (κ2) is 10.6. The van der Waals surface area contributed by atoms with Crippen LogP contribution in [0.15, 0.2) is 54.7 Å². The summed E-state index contributed by atoms with van der Waals surface area (Å²) in [6.07, 6.45) is 3.85. The van der Waals surface area contributed by atoms with E-state index < -0.39 is 11.9 Å². The molecule has 8 heteroatoms. The maximum absolute atomic E-state index is 12.6. The second-order valence-electron chi connectivity index (χ2n) is 7.92. The molecule has 0 bridgehead atoms. The van der Waals surface area contributed by atoms with Crippen molar-refractivity contribution in [3.8, 4) is 23.1 Å². The van der Waals surface area contributed by atoms with Crippen LogP contribution in [0.4, 0.5) is 0 Å². The first-order valence-corrected chi connectivity index (χ1v) is 11.3. The van der Waals surface area contributed by atoms with Crippen molar-refractivity contribution in [2.75, 3.05) is 13.7 Å². The van der Waals surface area contributed by atoms with Gasteiger partial charge in [0, 0.05) is 35.4 Å². The number of carboxylic acids is 1. The minimum absolute atomic E-state index is 0.0364. The van der Waals surface area contributed by atoms with Gasteiger partial charge in [0.2, 0.25) is 5.88 Å². The number of Topliss-reactive ketones (excluding diaryl/α,β-unsaturated/α-hetero) is 1. The van der Waals surface area contributed by atoms with E-state index >= 15 is 0 Å². The highest BCUT2D eigenvalue weighted by Crippen LogP contribution is 2.41. The van der Waals surface area contributed by atoms with E-state index in [4.69, 9.17) is 25.8 Å². The molecule has 1 N–H and O–H groups in total. The zero-order valence-corrected chi connectivity index (χ0v) is 19.4. The quantitative estimate of drug-likeness (QED) is 0.392. The van der Waals surface area contributed by atoms with Crippen LogP contribution in [0.25, 0.3) is 0 Å². The molecule has 0 amide bonds. The Kier molecular flexibility index (Phi) is 7.33. The number of ketones is 1. The predicted octanol–water partition coefficient (Wildman–Crippen LogP) is 5.69. The van der Waals surface area contributed by atoms with Gasteiger partial charge in [-0.2, -0.15) is 0 Å². The van der Waals surface area contributed by atoms with Gasteiger partial charge in [-0.3, -0.25) is 9.59 Å². The van der Waals surface area contributed by atoms with Crippen LogP contribution in [0.3, 0.4) is 0 Å². The smallest absolute Gasteiger partial charge is 0.311 e. The van der Waals surface area contributed by atoms with Crippen molar-refractivity contribution in [1.82, 2.24) is 4.98 Å². The van der Waals surface area contributed by atoms with Gasteiger partial charge in [-0.05, 0) is 55.7 Å². The molecule has 0 fully saturated rings. The molecule has 1 aliphatic rings. The van der Waals surface area contributed by atoms with E-state index in [1.165, 1.54) is 0 Å². The number of hydrogen-bond donors (Lipinski definition) is 1. The fourth-order valence-electron chi connectivity index (χ4n) is 3.94. The van der Waals surface area contributed by atoms with Gasteiger partial charge in [-0.15, -0.1) is 0 Å². The van der Waals surface area contributed by atoms with Gasteiger partial charge < -0.3 is 19.3 Å². The molecular formula is C26H24ClNO6. The number of carboxylic acid groups (broad SMARTS) is 1. The number of fused-ring (bicyclic) bond motifs is 1. The number of carbonyl (C=O) groups excluding carboxylic acids is 1. The maximum atomic E-state index is 12.6. The number of nitrogens with zero attached hydrogens (tertiary/aromatic N) is 1. The Labute approximate surface area is 202 Å². The Morgan fingerprint density at radius 1 is 1.21 bits per heavy atom. The highest BCUT2D eigenvalue weighted by atomic mass is 35.5. The molecule has 7 nitrogen and oxygen atoms in total. The van der Waals surface area contributed by atoms with Crippen molar-refractivity contribution in [1.29, 1.82) is 0 Å². The molecule has 2 heterocycles. The largest absolute Gasteiger partial charge is 0.493 e. The first-order chi connectivity index (χ1) is 16.5. The van der Waals surface area contributed by atoms with E-state index in [9.17, 15) is 14.7 Å². The van der Waals surface area contributed by atoms with Crippen LogP contribution in [0, 0.1) is 0 Å². The minimum atomic E-state index is -0.908. The fourth-order valence-corrected chi connectivity index (χ4v) is 4.15. The lowest BCUT2D eigenvalue weighted by Gasteiger charge is -2.24. The molecule has 0 aliphatic carbocycles. The van der Waals surface area contributed by atoms with Crippen LogP contribution in [-0.2, 0) is 11.2 Å². The fraction of sp³-hybridized carbons (Fsp3) is 0.269. The molecule has 176 valence electrons. The highest BCUT2D eigenvalue weighted by molar-refractivity contribution is 6.32. The molecule has 1 aliphatic heterocycles. The van der Waals surface area contributed by atoms with Gasteiger partial charge in [-0.1, -0.05) is 17.7 Å². The van der Waals surface area contributed by atoms with Crippen LogP contribution in [-0.4, -0.2) is 35.6 Å². The molecule has 4 rings (SSSR count). The zero-order chi connectivity index (χ0) is 24.1. The zero-order valence-electron chi connectivity index (χ0n) is 18.6. The molecule has 2 aromatic carbocycles. The first kappa shape index (κ1) is 23.6. The van der Waals surface area contributed by atoms with Crippen LogP contribution >= 0.6 is 11.6 Å². The number of aryl methyl sites for hydroxylation is 1. The molecule has 0 saturated carbocycles. The van der Waals surface area contributed by atoms with Gasteiger partial charge in [0.05, 0.1) is 24.7 Å². The SMILES string of the molecule is COc1ncccc1CCCC(=O)c1ccc(Oc2cc3c(cc2Cl)C(C(=O)O)CCO3)cc1. The summed E-state index contributed by atoms with van der Waals surface area (Å²) in [6.45, 7) is 0.315. The van der Waals surface area contributed by atoms with Gasteiger partial charge in [-0.25, -0.2) is 4.98 Å². The lowest BCUT2D eigenvalue weighted by Crippen LogP contribution is -2.20. The number of hydrogen-bond acceptors (Lipinski definition) is 6. The van der Waals surface area contributed by atoms with Crippen molar-refractivity contribution >= 4 is 23.4 Å². The number of aliphatic carboxylic acids is 1. The first-order valence-electron chi connectivity index (χ1n) is 10.9. The van der Waals surface area contributed by atoms with E-state index in [1.807, 2.05) is 12.1 Å². The van der Waals surface area contributed by atoms with E-state index in [2.05, 4.69) is 4.98 Å². The van der Waals surface area contributed by atoms with Crippen LogP contribution in [0.5, 0.6) is 23.1 Å². The van der Waals surface area contributed by atoms with E-state index in [-0.39, 0.29) is 5.78 Å². The predicted molar refractivity (Wildman–Crippen MR) is 127 cm³/mol. The maximum Gasteiger partial charge on any atom is 0.311 e. The molecule has 0 saturated heterocycles. The molecular weight excluding hydrogens is 458 g/mol. The Hall–Kier alpha value is -3.58. The van der Waals surface area contributed by atoms with E-state index in [1.54, 1.807) is 49.7 Å². The Balaban J connectivity index is 1.38. The molecule has 3 aromatic rings. The molecule has 1 atom stereocenters. The molecule has 1 unspecified atom stereocenters. The summed E-state index contributed by atoms with van der Waals surface area (Å²) < 4.78 is 16.7. The van der Waals surface area contributed by atoms with Crippen molar-refractivity contribution in [3.63, 3.8) is 0 Å². The average Bonchev–Trinajstić information content (AvgIpc) is 2.84.